The Morgan fingerprint density at radius 2 is 1.83 bits per heavy atom. The van der Waals surface area contributed by atoms with E-state index in [1.54, 1.807) is 0 Å². The molecule has 0 radical (unpaired) electrons. The minimum absolute atomic E-state index is 0.0805. The molecule has 0 aromatic heterocycles. The van der Waals surface area contributed by atoms with Crippen molar-refractivity contribution in [3.8, 4) is 5.75 Å². The monoisotopic (exact) mass is 324 g/mol. The summed E-state index contributed by atoms with van der Waals surface area (Å²) in [5, 5.41) is 3.51. The number of ether oxygens (including phenoxy) is 1. The van der Waals surface area contributed by atoms with Gasteiger partial charge in [0.25, 0.3) is 5.91 Å². The molecule has 4 nitrogen and oxygen atoms in total. The highest BCUT2D eigenvalue weighted by molar-refractivity contribution is 6.01. The fourth-order valence-corrected chi connectivity index (χ4v) is 3.05. The van der Waals surface area contributed by atoms with Crippen LogP contribution in [0.5, 0.6) is 5.75 Å². The van der Waals surface area contributed by atoms with Crippen LogP contribution in [-0.2, 0) is 0 Å². The van der Waals surface area contributed by atoms with Crippen LogP contribution in [0.25, 0.3) is 0 Å². The van der Waals surface area contributed by atoms with Gasteiger partial charge in [-0.25, -0.2) is 0 Å². The number of rotatable bonds is 5. The molecule has 2 aromatic carbocycles. The first-order valence-electron chi connectivity index (χ1n) is 8.49. The predicted molar refractivity (Wildman–Crippen MR) is 96.3 cm³/mol. The molecule has 0 bridgehead atoms. The molecule has 126 valence electrons. The average Bonchev–Trinajstić information content (AvgIpc) is 2.58. The van der Waals surface area contributed by atoms with Crippen LogP contribution < -0.4 is 10.1 Å². The molecule has 1 aliphatic rings. The highest BCUT2D eigenvalue weighted by Crippen LogP contribution is 2.34. The number of carbonyl (C=O) groups excluding carboxylic acids is 1. The van der Waals surface area contributed by atoms with Crippen LogP contribution in [0.1, 0.15) is 42.9 Å². The lowest BCUT2D eigenvalue weighted by Crippen LogP contribution is -2.44. The third-order valence-electron chi connectivity index (χ3n) is 4.09. The first-order chi connectivity index (χ1) is 11.6. The molecule has 3 rings (SSSR count). The van der Waals surface area contributed by atoms with Gasteiger partial charge in [-0.15, -0.1) is 0 Å². The van der Waals surface area contributed by atoms with E-state index in [0.717, 1.165) is 22.6 Å². The topological polar surface area (TPSA) is 41.6 Å². The lowest BCUT2D eigenvalue weighted by molar-refractivity contribution is 0.0658. The summed E-state index contributed by atoms with van der Waals surface area (Å²) in [4.78, 5) is 14.9. The highest BCUT2D eigenvalue weighted by atomic mass is 16.5. The van der Waals surface area contributed by atoms with E-state index in [4.69, 9.17) is 4.74 Å². The third-order valence-corrected chi connectivity index (χ3v) is 4.09. The van der Waals surface area contributed by atoms with Crippen LogP contribution in [0.4, 0.5) is 5.69 Å². The lowest BCUT2D eigenvalue weighted by atomic mass is 10.0. The zero-order valence-corrected chi connectivity index (χ0v) is 14.5. The Morgan fingerprint density at radius 1 is 1.12 bits per heavy atom. The van der Waals surface area contributed by atoms with E-state index in [9.17, 15) is 4.79 Å². The van der Waals surface area contributed by atoms with E-state index in [0.29, 0.717) is 19.1 Å². The van der Waals surface area contributed by atoms with Gasteiger partial charge in [-0.3, -0.25) is 4.79 Å². The maximum absolute atomic E-state index is 13.0. The first kappa shape index (κ1) is 16.4. The largest absolute Gasteiger partial charge is 0.494 e. The summed E-state index contributed by atoms with van der Waals surface area (Å²) in [5.41, 5.74) is 2.68. The fraction of sp³-hybridized carbons (Fsp3) is 0.350. The summed E-state index contributed by atoms with van der Waals surface area (Å²) in [6, 6.07) is 15.7. The smallest absolute Gasteiger partial charge is 0.257 e. The standard InChI is InChI=1S/C20H24N2O2/c1-4-24-16-11-9-15(10-12-16)19-21-18-8-6-5-7-17(18)20(23)22(19)13-14(2)3/h5-12,14,19,21H,4,13H2,1-3H3. The van der Waals surface area contributed by atoms with Gasteiger partial charge in [0, 0.05) is 12.2 Å². The predicted octanol–water partition coefficient (Wildman–Crippen LogP) is 4.31. The number of nitrogens with zero attached hydrogens (tertiary/aromatic N) is 1. The molecule has 4 heteroatoms. The van der Waals surface area contributed by atoms with Crippen LogP contribution in [0.3, 0.4) is 0 Å². The van der Waals surface area contributed by atoms with Crippen molar-refractivity contribution in [1.29, 1.82) is 0 Å². The van der Waals surface area contributed by atoms with Crippen LogP contribution in [0.2, 0.25) is 0 Å². The van der Waals surface area contributed by atoms with Crippen molar-refractivity contribution in [3.05, 3.63) is 59.7 Å². The molecular formula is C20H24N2O2. The van der Waals surface area contributed by atoms with Gasteiger partial charge in [0.2, 0.25) is 0 Å². The van der Waals surface area contributed by atoms with Crippen LogP contribution in [-0.4, -0.2) is 24.0 Å². The second kappa shape index (κ2) is 6.95. The molecule has 1 aliphatic heterocycles. The SMILES string of the molecule is CCOc1ccc(C2Nc3ccccc3C(=O)N2CC(C)C)cc1. The van der Waals surface area contributed by atoms with Crippen molar-refractivity contribution in [2.45, 2.75) is 26.9 Å². The summed E-state index contributed by atoms with van der Waals surface area (Å²) in [5.74, 6) is 1.32. The number of hydrogen-bond donors (Lipinski definition) is 1. The number of anilines is 1. The number of amides is 1. The molecule has 1 N–H and O–H groups in total. The highest BCUT2D eigenvalue weighted by Gasteiger charge is 2.32. The Kier molecular flexibility index (Phi) is 4.74. The van der Waals surface area contributed by atoms with E-state index >= 15 is 0 Å². The number of para-hydroxylation sites is 1. The zero-order valence-electron chi connectivity index (χ0n) is 14.5. The molecule has 1 heterocycles. The van der Waals surface area contributed by atoms with Crippen LogP contribution in [0, 0.1) is 5.92 Å². The van der Waals surface area contributed by atoms with Gasteiger partial charge in [0.1, 0.15) is 11.9 Å². The van der Waals surface area contributed by atoms with Crippen molar-refractivity contribution in [1.82, 2.24) is 4.90 Å². The summed E-state index contributed by atoms with van der Waals surface area (Å²) in [6.45, 7) is 7.58. The number of fused-ring (bicyclic) bond motifs is 1. The van der Waals surface area contributed by atoms with E-state index in [-0.39, 0.29) is 12.1 Å². The maximum Gasteiger partial charge on any atom is 0.257 e. The maximum atomic E-state index is 13.0. The van der Waals surface area contributed by atoms with Gasteiger partial charge in [0.05, 0.1) is 12.2 Å². The molecule has 1 atom stereocenters. The van der Waals surface area contributed by atoms with Crippen LogP contribution >= 0.6 is 0 Å². The second-order valence-electron chi connectivity index (χ2n) is 6.45. The summed E-state index contributed by atoms with van der Waals surface area (Å²) < 4.78 is 5.52. The summed E-state index contributed by atoms with van der Waals surface area (Å²) in [7, 11) is 0. The van der Waals surface area contributed by atoms with Crippen LogP contribution in [0.15, 0.2) is 48.5 Å². The van der Waals surface area contributed by atoms with E-state index < -0.39 is 0 Å². The first-order valence-corrected chi connectivity index (χ1v) is 8.49. The Balaban J connectivity index is 1.95. The van der Waals surface area contributed by atoms with Gasteiger partial charge in [0.15, 0.2) is 0 Å². The molecule has 24 heavy (non-hydrogen) atoms. The third kappa shape index (κ3) is 3.23. The molecule has 0 saturated heterocycles. The molecule has 0 fully saturated rings. The van der Waals surface area contributed by atoms with Crippen molar-refractivity contribution < 1.29 is 9.53 Å². The minimum atomic E-state index is -0.162. The quantitative estimate of drug-likeness (QED) is 0.891. The molecule has 0 spiro atoms. The molecule has 0 saturated carbocycles. The van der Waals surface area contributed by atoms with Gasteiger partial charge in [-0.05, 0) is 42.7 Å². The van der Waals surface area contributed by atoms with Crippen molar-refractivity contribution in [2.24, 2.45) is 5.92 Å². The second-order valence-corrected chi connectivity index (χ2v) is 6.45. The average molecular weight is 324 g/mol. The summed E-state index contributed by atoms with van der Waals surface area (Å²) >= 11 is 0. The normalized spacial score (nSPS) is 16.8. The van der Waals surface area contributed by atoms with Gasteiger partial charge in [-0.1, -0.05) is 38.1 Å². The number of nitrogens with one attached hydrogen (secondary N) is 1. The van der Waals surface area contributed by atoms with Crippen molar-refractivity contribution in [3.63, 3.8) is 0 Å². The van der Waals surface area contributed by atoms with E-state index in [1.807, 2.05) is 60.4 Å². The van der Waals surface area contributed by atoms with Crippen molar-refractivity contribution >= 4 is 11.6 Å². The Morgan fingerprint density at radius 3 is 2.50 bits per heavy atom. The Bertz CT molecular complexity index is 710. The molecule has 2 aromatic rings. The number of carbonyl (C=O) groups is 1. The van der Waals surface area contributed by atoms with Gasteiger partial charge < -0.3 is 15.0 Å². The lowest BCUT2D eigenvalue weighted by Gasteiger charge is -2.39. The van der Waals surface area contributed by atoms with E-state index in [2.05, 4.69) is 19.2 Å². The molecule has 1 unspecified atom stereocenters. The van der Waals surface area contributed by atoms with Gasteiger partial charge >= 0.3 is 0 Å². The number of hydrogen-bond acceptors (Lipinski definition) is 3. The van der Waals surface area contributed by atoms with Gasteiger partial charge in [-0.2, -0.15) is 0 Å². The summed E-state index contributed by atoms with van der Waals surface area (Å²) in [6.07, 6.45) is -0.162. The fourth-order valence-electron chi connectivity index (χ4n) is 3.05. The van der Waals surface area contributed by atoms with Crippen molar-refractivity contribution in [2.75, 3.05) is 18.5 Å². The zero-order chi connectivity index (χ0) is 17.1. The molecule has 0 aliphatic carbocycles. The molecular weight excluding hydrogens is 300 g/mol. The molecule has 1 amide bonds. The Labute approximate surface area is 143 Å². The minimum Gasteiger partial charge on any atom is -0.494 e. The number of benzene rings is 2. The van der Waals surface area contributed by atoms with E-state index in [1.165, 1.54) is 0 Å². The Hall–Kier alpha value is -2.49.